The van der Waals surface area contributed by atoms with Gasteiger partial charge in [0.05, 0.1) is 19.3 Å². The van der Waals surface area contributed by atoms with Gasteiger partial charge in [0.15, 0.2) is 0 Å². The molecule has 4 heteroatoms. The minimum atomic E-state index is 0.337. The van der Waals surface area contributed by atoms with Crippen LogP contribution in [0.3, 0.4) is 0 Å². The van der Waals surface area contributed by atoms with Crippen LogP contribution < -0.4 is 5.32 Å². The topological polar surface area (TPSA) is 30.5 Å². The molecule has 0 aliphatic carbocycles. The van der Waals surface area contributed by atoms with E-state index in [4.69, 9.17) is 9.47 Å². The molecule has 2 atom stereocenters. The molecule has 0 bridgehead atoms. The van der Waals surface area contributed by atoms with Crippen LogP contribution in [-0.2, 0) is 9.47 Å². The van der Waals surface area contributed by atoms with Crippen molar-refractivity contribution in [2.75, 3.05) is 26.4 Å². The van der Waals surface area contributed by atoms with E-state index in [-0.39, 0.29) is 0 Å². The number of rotatable bonds is 7. The van der Waals surface area contributed by atoms with Crippen LogP contribution in [0, 0.1) is 0 Å². The highest BCUT2D eigenvalue weighted by Crippen LogP contribution is 2.15. The van der Waals surface area contributed by atoms with E-state index in [0.717, 1.165) is 32.8 Å². The van der Waals surface area contributed by atoms with Gasteiger partial charge in [-0.05, 0) is 42.2 Å². The third-order valence-electron chi connectivity index (χ3n) is 3.07. The van der Waals surface area contributed by atoms with E-state index >= 15 is 0 Å². The molecule has 0 unspecified atom stereocenters. The molecule has 96 valence electrons. The molecule has 0 aromatic carbocycles. The Balaban J connectivity index is 1.51. The highest BCUT2D eigenvalue weighted by Gasteiger charge is 2.15. The second-order valence-electron chi connectivity index (χ2n) is 4.44. The van der Waals surface area contributed by atoms with Gasteiger partial charge >= 0.3 is 0 Å². The van der Waals surface area contributed by atoms with Crippen LogP contribution in [0.25, 0.3) is 0 Å². The van der Waals surface area contributed by atoms with Crippen molar-refractivity contribution < 1.29 is 9.47 Å². The van der Waals surface area contributed by atoms with Crippen LogP contribution in [0.1, 0.15) is 31.4 Å². The average molecular weight is 255 g/mol. The Hall–Kier alpha value is -0.420. The van der Waals surface area contributed by atoms with Crippen molar-refractivity contribution in [1.29, 1.82) is 0 Å². The fraction of sp³-hybridized carbons (Fsp3) is 0.692. The number of thiophene rings is 1. The van der Waals surface area contributed by atoms with E-state index in [0.29, 0.717) is 12.1 Å². The number of ether oxygens (including phenoxy) is 2. The number of hydrogen-bond donors (Lipinski definition) is 1. The van der Waals surface area contributed by atoms with Crippen molar-refractivity contribution in [2.45, 2.75) is 31.9 Å². The van der Waals surface area contributed by atoms with Gasteiger partial charge in [0.1, 0.15) is 0 Å². The smallest absolute Gasteiger partial charge is 0.0809 e. The van der Waals surface area contributed by atoms with E-state index < -0.39 is 0 Å². The Kier molecular flexibility index (Phi) is 5.45. The summed E-state index contributed by atoms with van der Waals surface area (Å²) in [6.07, 6.45) is 2.67. The van der Waals surface area contributed by atoms with Crippen molar-refractivity contribution in [3.05, 3.63) is 22.4 Å². The maximum absolute atomic E-state index is 5.60. The third kappa shape index (κ3) is 4.39. The molecule has 1 saturated heterocycles. The highest BCUT2D eigenvalue weighted by molar-refractivity contribution is 7.07. The summed E-state index contributed by atoms with van der Waals surface area (Å²) in [5, 5.41) is 7.75. The molecule has 0 amide bonds. The zero-order valence-corrected chi connectivity index (χ0v) is 11.2. The quantitative estimate of drug-likeness (QED) is 0.760. The molecule has 2 rings (SSSR count). The van der Waals surface area contributed by atoms with E-state index in [1.807, 2.05) is 0 Å². The Morgan fingerprint density at radius 2 is 2.59 bits per heavy atom. The fourth-order valence-corrected chi connectivity index (χ4v) is 2.73. The van der Waals surface area contributed by atoms with Crippen molar-refractivity contribution in [1.82, 2.24) is 5.32 Å². The standard InChI is InChI=1S/C13H21NO2S/c1-11(12-4-8-17-10-12)14-5-7-15-9-13-3-2-6-16-13/h4,8,10-11,13-14H,2-3,5-7,9H2,1H3/t11-,13-/m1/s1. The minimum absolute atomic E-state index is 0.337. The van der Waals surface area contributed by atoms with Crippen LogP contribution in [-0.4, -0.2) is 32.5 Å². The van der Waals surface area contributed by atoms with Gasteiger partial charge in [-0.1, -0.05) is 0 Å². The SMILES string of the molecule is C[C@@H](NCCOC[C@H]1CCCO1)c1ccsc1. The summed E-state index contributed by atoms with van der Waals surface area (Å²) in [6.45, 7) is 5.48. The largest absolute Gasteiger partial charge is 0.377 e. The van der Waals surface area contributed by atoms with E-state index in [1.165, 1.54) is 12.0 Å². The zero-order valence-electron chi connectivity index (χ0n) is 10.4. The zero-order chi connectivity index (χ0) is 11.9. The summed E-state index contributed by atoms with van der Waals surface area (Å²) in [5.74, 6) is 0. The summed E-state index contributed by atoms with van der Waals surface area (Å²) in [4.78, 5) is 0. The Bertz CT molecular complexity index is 296. The van der Waals surface area contributed by atoms with Crippen molar-refractivity contribution in [2.24, 2.45) is 0 Å². The molecule has 1 aromatic heterocycles. The summed E-state index contributed by atoms with van der Waals surface area (Å²) in [6, 6.07) is 2.57. The van der Waals surface area contributed by atoms with Crippen molar-refractivity contribution in [3.8, 4) is 0 Å². The second-order valence-corrected chi connectivity index (χ2v) is 5.22. The van der Waals surface area contributed by atoms with Gasteiger partial charge in [0.25, 0.3) is 0 Å². The molecule has 0 spiro atoms. The van der Waals surface area contributed by atoms with Crippen LogP contribution >= 0.6 is 11.3 Å². The lowest BCUT2D eigenvalue weighted by molar-refractivity contribution is 0.0179. The molecule has 1 aromatic rings. The van der Waals surface area contributed by atoms with Crippen LogP contribution in [0.5, 0.6) is 0 Å². The first kappa shape index (κ1) is 13.0. The van der Waals surface area contributed by atoms with Gasteiger partial charge < -0.3 is 14.8 Å². The molecule has 1 aliphatic heterocycles. The molecule has 17 heavy (non-hydrogen) atoms. The predicted molar refractivity (Wildman–Crippen MR) is 70.5 cm³/mol. The van der Waals surface area contributed by atoms with Gasteiger partial charge in [-0.25, -0.2) is 0 Å². The lowest BCUT2D eigenvalue weighted by atomic mass is 10.2. The fourth-order valence-electron chi connectivity index (χ4n) is 1.98. The van der Waals surface area contributed by atoms with Gasteiger partial charge in [-0.3, -0.25) is 0 Å². The molecule has 1 N–H and O–H groups in total. The molecular formula is C13H21NO2S. The van der Waals surface area contributed by atoms with Crippen LogP contribution in [0.4, 0.5) is 0 Å². The Morgan fingerprint density at radius 1 is 1.65 bits per heavy atom. The lowest BCUT2D eigenvalue weighted by Gasteiger charge is -2.14. The summed E-state index contributed by atoms with van der Waals surface area (Å²) >= 11 is 1.74. The summed E-state index contributed by atoms with van der Waals surface area (Å²) in [5.41, 5.74) is 1.36. The van der Waals surface area contributed by atoms with Crippen molar-refractivity contribution >= 4 is 11.3 Å². The maximum atomic E-state index is 5.60. The number of hydrogen-bond acceptors (Lipinski definition) is 4. The monoisotopic (exact) mass is 255 g/mol. The van der Waals surface area contributed by atoms with Gasteiger partial charge in [0, 0.05) is 19.2 Å². The van der Waals surface area contributed by atoms with E-state index in [9.17, 15) is 0 Å². The van der Waals surface area contributed by atoms with Crippen LogP contribution in [0.2, 0.25) is 0 Å². The molecular weight excluding hydrogens is 234 g/mol. The number of nitrogens with one attached hydrogen (secondary N) is 1. The molecule has 2 heterocycles. The molecule has 0 radical (unpaired) electrons. The molecule has 1 aliphatic rings. The maximum Gasteiger partial charge on any atom is 0.0809 e. The Labute approximate surface area is 107 Å². The van der Waals surface area contributed by atoms with E-state index in [2.05, 4.69) is 29.1 Å². The highest BCUT2D eigenvalue weighted by atomic mass is 32.1. The van der Waals surface area contributed by atoms with Crippen LogP contribution in [0.15, 0.2) is 16.8 Å². The summed E-state index contributed by atoms with van der Waals surface area (Å²) in [7, 11) is 0. The van der Waals surface area contributed by atoms with Gasteiger partial charge in [0.2, 0.25) is 0 Å². The van der Waals surface area contributed by atoms with E-state index in [1.54, 1.807) is 11.3 Å². The first-order valence-electron chi connectivity index (χ1n) is 6.31. The first-order chi connectivity index (χ1) is 8.36. The molecule has 3 nitrogen and oxygen atoms in total. The van der Waals surface area contributed by atoms with Gasteiger partial charge in [-0.15, -0.1) is 0 Å². The van der Waals surface area contributed by atoms with Gasteiger partial charge in [-0.2, -0.15) is 11.3 Å². The predicted octanol–water partition coefficient (Wildman–Crippen LogP) is 2.59. The normalized spacial score (nSPS) is 21.8. The molecule has 0 saturated carbocycles. The lowest BCUT2D eigenvalue weighted by Crippen LogP contribution is -2.24. The third-order valence-corrected chi connectivity index (χ3v) is 3.77. The summed E-state index contributed by atoms with van der Waals surface area (Å²) < 4.78 is 11.1. The first-order valence-corrected chi connectivity index (χ1v) is 7.25. The minimum Gasteiger partial charge on any atom is -0.377 e. The average Bonchev–Trinajstić information content (AvgIpc) is 3.01. The molecule has 1 fully saturated rings. The second kappa shape index (κ2) is 7.11. The Morgan fingerprint density at radius 3 is 3.29 bits per heavy atom. The van der Waals surface area contributed by atoms with Crippen molar-refractivity contribution in [3.63, 3.8) is 0 Å².